The smallest absolute Gasteiger partial charge is 0.907 e. The van der Waals surface area contributed by atoms with Crippen molar-refractivity contribution in [2.75, 3.05) is 0 Å². The molecule has 59 valence electrons. The molecule has 0 aliphatic rings. The number of hydrogen-bond acceptors (Lipinski definition) is 6. The van der Waals surface area contributed by atoms with Crippen LogP contribution in [-0.2, 0) is 34.1 Å². The van der Waals surface area contributed by atoms with E-state index < -0.39 is 14.6 Å². The van der Waals surface area contributed by atoms with Crippen LogP contribution in [-0.4, -0.2) is 37.7 Å². The molecule has 0 saturated carbocycles. The fraction of sp³-hybridized carbons (Fsp3) is 0. The third-order valence-corrected chi connectivity index (χ3v) is 0. The first kappa shape index (κ1) is 29.3. The zero-order chi connectivity index (χ0) is 7.15. The summed E-state index contributed by atoms with van der Waals surface area (Å²) in [6.07, 6.45) is 0. The molecular formula is B2FeMgMnO6. The predicted octanol–water partition coefficient (Wildman–Crippen LogP) is -8.28. The molecule has 0 saturated heterocycles. The van der Waals surface area contributed by atoms with E-state index in [2.05, 4.69) is 0 Å². The molecule has 11 heteroatoms. The Morgan fingerprint density at radius 1 is 0.636 bits per heavy atom. The van der Waals surface area contributed by atoms with Gasteiger partial charge < -0.3 is 30.1 Å². The van der Waals surface area contributed by atoms with Gasteiger partial charge in [-0.05, 0) is 0 Å². The van der Waals surface area contributed by atoms with Gasteiger partial charge in [0.15, 0.2) is 0 Å². The SMILES string of the molecule is [Fe+2].[Mg+2].[Mn+2].[O-]B([O-])[O-].[O-]B([O-])[O-]. The normalized spacial score (nSPS) is 4.91. The van der Waals surface area contributed by atoms with Gasteiger partial charge in [0, 0.05) is 0 Å². The van der Waals surface area contributed by atoms with Crippen molar-refractivity contribution in [1.82, 2.24) is 0 Å². The summed E-state index contributed by atoms with van der Waals surface area (Å²) >= 11 is 0. The maximum atomic E-state index is 8.42. The van der Waals surface area contributed by atoms with Gasteiger partial charge in [-0.25, -0.2) is 0 Å². The molecule has 0 heterocycles. The van der Waals surface area contributed by atoms with Crippen LogP contribution in [0.25, 0.3) is 0 Å². The first-order valence-corrected chi connectivity index (χ1v) is 1.41. The molecule has 0 aliphatic carbocycles. The van der Waals surface area contributed by atoms with Crippen LogP contribution in [0.15, 0.2) is 0 Å². The molecule has 0 aromatic carbocycles. The minimum Gasteiger partial charge on any atom is -0.907 e. The van der Waals surface area contributed by atoms with Gasteiger partial charge in [-0.15, -0.1) is 0 Å². The third kappa shape index (κ3) is 383. The van der Waals surface area contributed by atoms with Gasteiger partial charge >= 0.3 is 57.2 Å². The van der Waals surface area contributed by atoms with Crippen molar-refractivity contribution in [1.29, 1.82) is 0 Å². The Morgan fingerprint density at radius 3 is 0.636 bits per heavy atom. The predicted molar refractivity (Wildman–Crippen MR) is 17.3 cm³/mol. The average Bonchev–Trinajstić information content (AvgIpc) is 1.25. The molecule has 11 heavy (non-hydrogen) atoms. The largest absolute Gasteiger partial charge is 2.00 e. The van der Waals surface area contributed by atoms with E-state index >= 15 is 0 Å². The van der Waals surface area contributed by atoms with E-state index in [0.717, 1.165) is 0 Å². The molecule has 0 aromatic heterocycles. The van der Waals surface area contributed by atoms with E-state index in [1.165, 1.54) is 0 Å². The second-order valence-corrected chi connectivity index (χ2v) is 0.577. The Bertz CT molecular complexity index is 36.1. The summed E-state index contributed by atoms with van der Waals surface area (Å²) in [5, 5.41) is 50.5. The molecule has 0 aromatic rings. The van der Waals surface area contributed by atoms with Crippen LogP contribution in [0, 0.1) is 0 Å². The van der Waals surface area contributed by atoms with E-state index in [0.29, 0.717) is 0 Å². The van der Waals surface area contributed by atoms with E-state index in [1.807, 2.05) is 0 Å². The molecule has 0 N–H and O–H groups in total. The topological polar surface area (TPSA) is 138 Å². The summed E-state index contributed by atoms with van der Waals surface area (Å²) in [5.41, 5.74) is 0. The Balaban J connectivity index is -0.0000000171. The summed E-state index contributed by atoms with van der Waals surface area (Å²) in [7, 11) is -5.83. The van der Waals surface area contributed by atoms with Gasteiger partial charge in [0.1, 0.15) is 0 Å². The Kier molecular flexibility index (Phi) is 60.2. The van der Waals surface area contributed by atoms with Crippen molar-refractivity contribution in [2.24, 2.45) is 0 Å². The molecule has 0 rings (SSSR count). The van der Waals surface area contributed by atoms with E-state index in [9.17, 15) is 0 Å². The monoisotopic (exact) mass is 253 g/mol. The molecule has 0 atom stereocenters. The summed E-state index contributed by atoms with van der Waals surface area (Å²) < 4.78 is 0. The van der Waals surface area contributed by atoms with Crippen molar-refractivity contribution in [3.63, 3.8) is 0 Å². The van der Waals surface area contributed by atoms with E-state index in [4.69, 9.17) is 30.1 Å². The van der Waals surface area contributed by atoms with Crippen LogP contribution < -0.4 is 30.1 Å². The summed E-state index contributed by atoms with van der Waals surface area (Å²) in [6.45, 7) is 0. The third-order valence-electron chi connectivity index (χ3n) is 0. The van der Waals surface area contributed by atoms with Gasteiger partial charge in [-0.1, -0.05) is 0 Å². The van der Waals surface area contributed by atoms with Crippen LogP contribution in [0.1, 0.15) is 0 Å². The van der Waals surface area contributed by atoms with Crippen molar-refractivity contribution < 1.29 is 64.3 Å². The van der Waals surface area contributed by atoms with E-state index in [1.54, 1.807) is 0 Å². The first-order valence-electron chi connectivity index (χ1n) is 1.41. The van der Waals surface area contributed by atoms with Crippen molar-refractivity contribution in [3.8, 4) is 0 Å². The van der Waals surface area contributed by atoms with Crippen LogP contribution in [0.5, 0.6) is 0 Å². The van der Waals surface area contributed by atoms with Crippen molar-refractivity contribution in [3.05, 3.63) is 0 Å². The second-order valence-electron chi connectivity index (χ2n) is 0.577. The minimum atomic E-state index is -2.92. The molecule has 0 fully saturated rings. The zero-order valence-corrected chi connectivity index (χ0v) is 8.74. The van der Waals surface area contributed by atoms with Gasteiger partial charge in [0.25, 0.3) is 0 Å². The fourth-order valence-electron chi connectivity index (χ4n) is 0. The van der Waals surface area contributed by atoms with Gasteiger partial charge in [0.2, 0.25) is 0 Å². The van der Waals surface area contributed by atoms with Gasteiger partial charge in [0.05, 0.1) is 0 Å². The second kappa shape index (κ2) is 22.6. The van der Waals surface area contributed by atoms with Crippen LogP contribution >= 0.6 is 0 Å². The maximum Gasteiger partial charge on any atom is 2.00 e. The standard InChI is InChI=1S/2BO3.Fe.Mg.Mn/c2*2-1(3)4;;;/q2*-3;3*+2. The van der Waals surface area contributed by atoms with Crippen molar-refractivity contribution in [2.45, 2.75) is 0 Å². The van der Waals surface area contributed by atoms with Crippen LogP contribution in [0.2, 0.25) is 0 Å². The summed E-state index contributed by atoms with van der Waals surface area (Å²) in [4.78, 5) is 0. The molecule has 0 aliphatic heterocycles. The number of hydrogen-bond donors (Lipinski definition) is 0. The molecule has 0 spiro atoms. The summed E-state index contributed by atoms with van der Waals surface area (Å²) in [5.74, 6) is 0. The first-order chi connectivity index (χ1) is 3.46. The molecule has 0 amide bonds. The average molecular weight is 253 g/mol. The number of rotatable bonds is 0. The van der Waals surface area contributed by atoms with Crippen LogP contribution in [0.3, 0.4) is 0 Å². The summed E-state index contributed by atoms with van der Waals surface area (Å²) in [6, 6.07) is 0. The zero-order valence-electron chi connectivity index (χ0n) is 5.04. The van der Waals surface area contributed by atoms with Crippen molar-refractivity contribution >= 4 is 37.7 Å². The Labute approximate surface area is 101 Å². The molecule has 1 radical (unpaired) electrons. The Hall–Kier alpha value is 1.70. The molecule has 0 bridgehead atoms. The quantitative estimate of drug-likeness (QED) is 0.392. The Morgan fingerprint density at radius 2 is 0.636 bits per heavy atom. The molecule has 6 nitrogen and oxygen atoms in total. The van der Waals surface area contributed by atoms with Crippen LogP contribution in [0.4, 0.5) is 0 Å². The minimum absolute atomic E-state index is 0. The fourth-order valence-corrected chi connectivity index (χ4v) is 0. The van der Waals surface area contributed by atoms with Gasteiger partial charge in [-0.3, -0.25) is 14.6 Å². The maximum absolute atomic E-state index is 8.42. The van der Waals surface area contributed by atoms with E-state index in [-0.39, 0.29) is 57.2 Å². The molecular weight excluding hydrogens is 253 g/mol. The van der Waals surface area contributed by atoms with Gasteiger partial charge in [-0.2, -0.15) is 0 Å². The molecule has 0 unspecified atom stereocenters.